The number of aromatic amines is 1. The molecule has 31 nitrogen and oxygen atoms in total. The van der Waals surface area contributed by atoms with Crippen molar-refractivity contribution in [3.8, 4) is 5.75 Å². The summed E-state index contributed by atoms with van der Waals surface area (Å²) in [6, 6.07) is -1.36. The predicted molar refractivity (Wildman–Crippen MR) is 279 cm³/mol. The molecule has 0 spiro atoms. The second-order valence-electron chi connectivity index (χ2n) is 19.0. The summed E-state index contributed by atoms with van der Waals surface area (Å²) in [4.78, 5) is 166. The second kappa shape index (κ2) is 30.9. The van der Waals surface area contributed by atoms with Crippen molar-refractivity contribution >= 4 is 70.9 Å². The lowest BCUT2D eigenvalue weighted by Crippen LogP contribution is -2.63. The van der Waals surface area contributed by atoms with Crippen molar-refractivity contribution in [2.45, 2.75) is 125 Å². The van der Waals surface area contributed by atoms with Crippen molar-refractivity contribution < 1.29 is 83.1 Å². The number of hydrogen-bond donors (Lipinski definition) is 17. The van der Waals surface area contributed by atoms with Crippen molar-refractivity contribution in [3.63, 3.8) is 0 Å². The number of aliphatic hydroxyl groups is 3. The zero-order chi connectivity index (χ0) is 60.1. The molecule has 0 bridgehead atoms. The van der Waals surface area contributed by atoms with Gasteiger partial charge in [0.05, 0.1) is 44.5 Å². The third-order valence-corrected chi connectivity index (χ3v) is 12.6. The van der Waals surface area contributed by atoms with Crippen LogP contribution in [0.25, 0.3) is 0 Å². The standard InChI is InChI=1S/C50H68N14O17/c1-24(66)40(62-44(74)30(56-39(71)20-51)16-27-10-12-29(68)13-11-27)47(77)59-31(15-26-7-4-3-5-8-26)45(75)63-41(25(2)67)48(78)61-35(22-65)49(79)64-14-6-9-36(64)46(76)58-33(18-37(52)69)43(73)57-32(17-28-21-54-23-55-28)42(72)60-34(50(80)81)19-38(53)70/h3-5,7-8,10-13,21,23-25,30-36,40-41,65-68H,6,9,14-20,22,51H2,1-2H3,(H2,52,69)(H2,53,70)(H,54,55)(H,56,71)(H,57,73)(H,58,76)(H,59,77)(H,60,72)(H,61,78)(H,62,74)(H,63,75)(H,80,81)/t24-,25-,30+,31+,32+,33+,34+,35+,36+,40+,41+/m1/s1. The van der Waals surface area contributed by atoms with Crippen LogP contribution in [0.1, 0.15) is 56.4 Å². The minimum Gasteiger partial charge on any atom is -0.508 e. The number of aromatic hydroxyl groups is 1. The fourth-order valence-corrected chi connectivity index (χ4v) is 8.37. The third kappa shape index (κ3) is 20.0. The van der Waals surface area contributed by atoms with Crippen LogP contribution in [0.4, 0.5) is 0 Å². The Morgan fingerprint density at radius 2 is 1.11 bits per heavy atom. The van der Waals surface area contributed by atoms with Gasteiger partial charge in [-0.1, -0.05) is 42.5 Å². The van der Waals surface area contributed by atoms with Gasteiger partial charge in [-0.25, -0.2) is 9.78 Å². The molecule has 440 valence electrons. The van der Waals surface area contributed by atoms with Crippen LogP contribution in [-0.2, 0) is 76.8 Å². The average Bonchev–Trinajstić information content (AvgIpc) is 4.15. The smallest absolute Gasteiger partial charge is 0.326 e. The van der Waals surface area contributed by atoms with Crippen molar-refractivity contribution in [1.29, 1.82) is 0 Å². The van der Waals surface area contributed by atoms with Gasteiger partial charge in [-0.2, -0.15) is 0 Å². The summed E-state index contributed by atoms with van der Waals surface area (Å²) in [5.41, 5.74) is 17.2. The number of aromatic nitrogens is 2. The molecule has 3 aromatic rings. The molecule has 81 heavy (non-hydrogen) atoms. The molecular weight excluding hydrogens is 1070 g/mol. The number of nitrogens with one attached hydrogen (secondary N) is 9. The molecule has 1 aromatic heterocycles. The summed E-state index contributed by atoms with van der Waals surface area (Å²) < 4.78 is 0. The number of aliphatic hydroxyl groups excluding tert-OH is 3. The number of aliphatic carboxylic acids is 1. The van der Waals surface area contributed by atoms with Gasteiger partial charge in [0.2, 0.25) is 65.0 Å². The molecule has 11 atom stereocenters. The van der Waals surface area contributed by atoms with Gasteiger partial charge in [-0.15, -0.1) is 0 Å². The highest BCUT2D eigenvalue weighted by molar-refractivity contribution is 6.00. The maximum atomic E-state index is 14.2. The molecule has 2 heterocycles. The van der Waals surface area contributed by atoms with Crippen LogP contribution in [0.15, 0.2) is 67.1 Å². The number of imidazole rings is 1. The first kappa shape index (κ1) is 64.5. The third-order valence-electron chi connectivity index (χ3n) is 12.6. The van der Waals surface area contributed by atoms with Crippen LogP contribution in [0, 0.1) is 0 Å². The van der Waals surface area contributed by atoms with E-state index in [-0.39, 0.29) is 50.1 Å². The van der Waals surface area contributed by atoms with E-state index < -0.39 is 164 Å². The second-order valence-corrected chi connectivity index (χ2v) is 19.0. The first-order valence-electron chi connectivity index (χ1n) is 25.3. The number of benzene rings is 2. The highest BCUT2D eigenvalue weighted by Crippen LogP contribution is 2.20. The summed E-state index contributed by atoms with van der Waals surface area (Å²) in [6.07, 6.45) is -3.15. The lowest BCUT2D eigenvalue weighted by molar-refractivity contribution is -0.144. The lowest BCUT2D eigenvalue weighted by atomic mass is 10.0. The van der Waals surface area contributed by atoms with Crippen LogP contribution in [0.2, 0.25) is 0 Å². The van der Waals surface area contributed by atoms with E-state index in [1.807, 2.05) is 0 Å². The van der Waals surface area contributed by atoms with Gasteiger partial charge in [0, 0.05) is 37.7 Å². The van der Waals surface area contributed by atoms with Crippen LogP contribution in [0.5, 0.6) is 5.75 Å². The molecule has 2 aromatic carbocycles. The highest BCUT2D eigenvalue weighted by atomic mass is 16.4. The van der Waals surface area contributed by atoms with Gasteiger partial charge >= 0.3 is 5.97 Å². The van der Waals surface area contributed by atoms with E-state index in [2.05, 4.69) is 52.5 Å². The molecule has 31 heteroatoms. The quantitative estimate of drug-likeness (QED) is 0.0285. The molecule has 0 saturated carbocycles. The van der Waals surface area contributed by atoms with Gasteiger partial charge in [0.15, 0.2) is 0 Å². The first-order valence-corrected chi connectivity index (χ1v) is 25.3. The topological polar surface area (TPSA) is 512 Å². The Hall–Kier alpha value is -9.07. The number of nitrogens with two attached hydrogens (primary N) is 3. The number of nitrogens with zero attached hydrogens (tertiary/aromatic N) is 2. The van der Waals surface area contributed by atoms with E-state index in [1.165, 1.54) is 36.8 Å². The Labute approximate surface area is 462 Å². The number of carboxylic acids is 1. The largest absolute Gasteiger partial charge is 0.508 e. The van der Waals surface area contributed by atoms with Gasteiger partial charge in [-0.3, -0.25) is 52.7 Å². The number of primary amides is 2. The van der Waals surface area contributed by atoms with E-state index in [4.69, 9.17) is 17.2 Å². The maximum Gasteiger partial charge on any atom is 0.326 e. The summed E-state index contributed by atoms with van der Waals surface area (Å²) in [7, 11) is 0. The molecule has 11 amide bonds. The van der Waals surface area contributed by atoms with Crippen molar-refractivity contribution in [2.75, 3.05) is 19.7 Å². The molecular formula is C50H68N14O17. The van der Waals surface area contributed by atoms with E-state index in [9.17, 15) is 83.1 Å². The maximum absolute atomic E-state index is 14.2. The van der Waals surface area contributed by atoms with Crippen LogP contribution < -0.4 is 59.7 Å². The number of phenols is 1. The Balaban J connectivity index is 1.50. The molecule has 0 aliphatic carbocycles. The lowest BCUT2D eigenvalue weighted by Gasteiger charge is -2.31. The van der Waals surface area contributed by atoms with E-state index in [0.29, 0.717) is 11.1 Å². The van der Waals surface area contributed by atoms with Gasteiger partial charge in [-0.05, 0) is 49.9 Å². The number of amides is 11. The number of H-pyrrole nitrogens is 1. The number of hydrogen-bond acceptors (Lipinski definition) is 18. The summed E-state index contributed by atoms with van der Waals surface area (Å²) in [5.74, 6) is -13.4. The van der Waals surface area contributed by atoms with Crippen LogP contribution >= 0.6 is 0 Å². The fourth-order valence-electron chi connectivity index (χ4n) is 8.37. The van der Waals surface area contributed by atoms with Crippen LogP contribution in [-0.4, -0.2) is 198 Å². The average molecular weight is 1140 g/mol. The zero-order valence-electron chi connectivity index (χ0n) is 44.0. The Kier molecular flexibility index (Phi) is 24.6. The Morgan fingerprint density at radius 1 is 0.630 bits per heavy atom. The number of phenolic OH excluding ortho intramolecular Hbond substituents is 1. The van der Waals surface area contributed by atoms with Crippen molar-refractivity contribution in [2.24, 2.45) is 17.2 Å². The molecule has 0 radical (unpaired) electrons. The minimum absolute atomic E-state index is 0.0540. The zero-order valence-corrected chi connectivity index (χ0v) is 44.0. The monoisotopic (exact) mass is 1140 g/mol. The predicted octanol–water partition coefficient (Wildman–Crippen LogP) is -7.44. The Morgan fingerprint density at radius 3 is 1.62 bits per heavy atom. The molecule has 1 aliphatic heterocycles. The Bertz CT molecular complexity index is 2710. The molecule has 1 saturated heterocycles. The van der Waals surface area contributed by atoms with Crippen LogP contribution in [0.3, 0.4) is 0 Å². The van der Waals surface area contributed by atoms with E-state index in [1.54, 1.807) is 30.3 Å². The summed E-state index contributed by atoms with van der Waals surface area (Å²) in [6.45, 7) is 0.511. The molecule has 20 N–H and O–H groups in total. The summed E-state index contributed by atoms with van der Waals surface area (Å²) in [5, 5.41) is 69.9. The fraction of sp³-hybridized carbons (Fsp3) is 0.460. The molecule has 0 unspecified atom stereocenters. The van der Waals surface area contributed by atoms with Gasteiger partial charge in [0.25, 0.3) is 0 Å². The van der Waals surface area contributed by atoms with Crippen molar-refractivity contribution in [1.82, 2.24) is 57.4 Å². The van der Waals surface area contributed by atoms with E-state index >= 15 is 0 Å². The van der Waals surface area contributed by atoms with E-state index in [0.717, 1.165) is 18.7 Å². The highest BCUT2D eigenvalue weighted by Gasteiger charge is 2.41. The minimum atomic E-state index is -1.91. The summed E-state index contributed by atoms with van der Waals surface area (Å²) >= 11 is 0. The molecule has 4 rings (SSSR count). The number of carboxylic acid groups (broad SMARTS) is 1. The van der Waals surface area contributed by atoms with Crippen molar-refractivity contribution in [3.05, 3.63) is 83.9 Å². The number of carbonyl (C=O) groups excluding carboxylic acids is 11. The molecule has 1 aliphatic rings. The van der Waals surface area contributed by atoms with Gasteiger partial charge < -0.3 is 95.2 Å². The molecule has 1 fully saturated rings. The number of carbonyl (C=O) groups is 12. The number of rotatable bonds is 31. The first-order chi connectivity index (χ1) is 38.3. The van der Waals surface area contributed by atoms with Gasteiger partial charge in [0.1, 0.15) is 60.1 Å². The SMILES string of the molecule is C[C@@H](O)[C@H](NC(=O)[C@H](Cc1ccc(O)cc1)NC(=O)CN)C(=O)N[C@@H](Cc1ccccc1)C(=O)N[C@H](C(=O)N[C@@H](CO)C(=O)N1CCC[C@H]1C(=O)N[C@@H](CC(N)=O)C(=O)N[C@@H](Cc1cnc[nH]1)C(=O)N[C@@H](CC(N)=O)C(=O)O)[C@@H](C)O. The normalized spacial score (nSPS) is 16.6. The number of likely N-dealkylation sites (tertiary alicyclic amines) is 1.